The predicted octanol–water partition coefficient (Wildman–Crippen LogP) is 4.01. The van der Waals surface area contributed by atoms with Crippen molar-refractivity contribution in [1.82, 2.24) is 5.32 Å². The minimum Gasteiger partial charge on any atom is -0.493 e. The van der Waals surface area contributed by atoms with E-state index in [-0.39, 0.29) is 0 Å². The molecule has 112 valence electrons. The molecule has 0 aliphatic rings. The van der Waals surface area contributed by atoms with E-state index in [2.05, 4.69) is 32.2 Å². The highest BCUT2D eigenvalue weighted by molar-refractivity contribution is 6.33. The van der Waals surface area contributed by atoms with Crippen LogP contribution < -0.4 is 14.8 Å². The average molecular weight is 298 g/mol. The molecule has 1 N–H and O–H groups in total. The molecule has 0 atom stereocenters. The van der Waals surface area contributed by atoms with Gasteiger partial charge >= 0.3 is 0 Å². The Hall–Kier alpha value is -1.19. The van der Waals surface area contributed by atoms with Crippen LogP contribution >= 0.6 is 11.6 Å². The molecule has 0 bridgehead atoms. The first kappa shape index (κ1) is 16.9. The fourth-order valence-electron chi connectivity index (χ4n) is 1.91. The van der Waals surface area contributed by atoms with Crippen molar-refractivity contribution in [2.45, 2.75) is 20.8 Å². The van der Waals surface area contributed by atoms with E-state index in [1.54, 1.807) is 14.2 Å². The summed E-state index contributed by atoms with van der Waals surface area (Å²) in [5.74, 6) is 1.68. The Morgan fingerprint density at radius 1 is 1.30 bits per heavy atom. The van der Waals surface area contributed by atoms with Crippen molar-refractivity contribution in [1.29, 1.82) is 0 Å². The number of benzene rings is 1. The summed E-state index contributed by atoms with van der Waals surface area (Å²) in [6.45, 7) is 8.26. The van der Waals surface area contributed by atoms with Gasteiger partial charge in [0, 0.05) is 6.54 Å². The molecule has 1 aromatic carbocycles. The molecule has 3 nitrogen and oxygen atoms in total. The molecule has 0 aliphatic heterocycles. The molecule has 0 fully saturated rings. The molecule has 0 spiro atoms. The van der Waals surface area contributed by atoms with E-state index in [4.69, 9.17) is 21.1 Å². The van der Waals surface area contributed by atoms with E-state index < -0.39 is 0 Å². The Balaban J connectivity index is 3.17. The zero-order valence-electron chi connectivity index (χ0n) is 12.9. The first-order valence-electron chi connectivity index (χ1n) is 6.86. The summed E-state index contributed by atoms with van der Waals surface area (Å²) in [6, 6.07) is 3.83. The number of hydrogen-bond donors (Lipinski definition) is 1. The third-order valence-electron chi connectivity index (χ3n) is 3.18. The summed E-state index contributed by atoms with van der Waals surface area (Å²) in [4.78, 5) is 0. The number of hydrogen-bond acceptors (Lipinski definition) is 3. The highest BCUT2D eigenvalue weighted by atomic mass is 35.5. The van der Waals surface area contributed by atoms with Gasteiger partial charge < -0.3 is 14.8 Å². The lowest BCUT2D eigenvalue weighted by molar-refractivity contribution is 0.355. The van der Waals surface area contributed by atoms with Crippen LogP contribution in [0.25, 0.3) is 6.08 Å². The smallest absolute Gasteiger partial charge is 0.179 e. The minimum absolute atomic E-state index is 0.457. The fraction of sp³-hybridized carbons (Fsp3) is 0.500. The van der Waals surface area contributed by atoms with Gasteiger partial charge in [-0.3, -0.25) is 0 Å². The maximum absolute atomic E-state index is 6.41. The molecule has 0 aromatic heterocycles. The van der Waals surface area contributed by atoms with Crippen molar-refractivity contribution < 1.29 is 9.47 Å². The van der Waals surface area contributed by atoms with Gasteiger partial charge in [0.25, 0.3) is 0 Å². The van der Waals surface area contributed by atoms with Gasteiger partial charge in [-0.25, -0.2) is 0 Å². The lowest BCUT2D eigenvalue weighted by atomic mass is 10.00. The molecule has 0 radical (unpaired) electrons. The van der Waals surface area contributed by atoms with Gasteiger partial charge in [-0.1, -0.05) is 44.0 Å². The van der Waals surface area contributed by atoms with Gasteiger partial charge in [0.05, 0.1) is 19.2 Å². The molecule has 4 heteroatoms. The lowest BCUT2D eigenvalue weighted by Gasteiger charge is -2.15. The standard InChI is InChI=1S/C16H24ClNO2/c1-6-18-10-13(11(2)3)9-12-7-8-14(19-4)16(20-5)15(12)17/h7-9,11,18H,6,10H2,1-5H3. The maximum atomic E-state index is 6.41. The molecular formula is C16H24ClNO2. The third-order valence-corrected chi connectivity index (χ3v) is 3.57. The van der Waals surface area contributed by atoms with E-state index >= 15 is 0 Å². The van der Waals surface area contributed by atoms with Crippen LogP contribution in [0.1, 0.15) is 26.3 Å². The number of nitrogens with one attached hydrogen (secondary N) is 1. The maximum Gasteiger partial charge on any atom is 0.179 e. The molecule has 20 heavy (non-hydrogen) atoms. The first-order valence-corrected chi connectivity index (χ1v) is 7.24. The first-order chi connectivity index (χ1) is 9.54. The van der Waals surface area contributed by atoms with Crippen molar-refractivity contribution >= 4 is 17.7 Å². The van der Waals surface area contributed by atoms with Crippen molar-refractivity contribution in [3.8, 4) is 11.5 Å². The second-order valence-electron chi connectivity index (χ2n) is 4.86. The highest BCUT2D eigenvalue weighted by Gasteiger charge is 2.13. The number of methoxy groups -OCH3 is 2. The number of likely N-dealkylation sites (N-methyl/N-ethyl adjacent to an activating group) is 1. The van der Waals surface area contributed by atoms with Crippen LogP contribution in [-0.2, 0) is 0 Å². The van der Waals surface area contributed by atoms with Crippen LogP contribution in [0.2, 0.25) is 5.02 Å². The average Bonchev–Trinajstić information content (AvgIpc) is 2.44. The second kappa shape index (κ2) is 8.18. The monoisotopic (exact) mass is 297 g/mol. The number of rotatable bonds is 7. The van der Waals surface area contributed by atoms with Gasteiger partial charge in [-0.05, 0) is 30.2 Å². The second-order valence-corrected chi connectivity index (χ2v) is 5.24. The van der Waals surface area contributed by atoms with Crippen molar-refractivity contribution in [3.05, 3.63) is 28.3 Å². The normalized spacial score (nSPS) is 11.8. The van der Waals surface area contributed by atoms with Crippen LogP contribution in [-0.4, -0.2) is 27.3 Å². The Morgan fingerprint density at radius 3 is 2.50 bits per heavy atom. The molecule has 1 rings (SSSR count). The van der Waals surface area contributed by atoms with E-state index in [0.29, 0.717) is 22.4 Å². The number of ether oxygens (including phenoxy) is 2. The molecule has 1 aromatic rings. The minimum atomic E-state index is 0.457. The van der Waals surface area contributed by atoms with E-state index in [0.717, 1.165) is 18.7 Å². The largest absolute Gasteiger partial charge is 0.493 e. The Labute approximate surface area is 126 Å². The summed E-state index contributed by atoms with van der Waals surface area (Å²) in [7, 11) is 3.20. The Morgan fingerprint density at radius 2 is 2.00 bits per heavy atom. The predicted molar refractivity (Wildman–Crippen MR) is 85.9 cm³/mol. The fourth-order valence-corrected chi connectivity index (χ4v) is 2.19. The van der Waals surface area contributed by atoms with E-state index in [1.165, 1.54) is 5.57 Å². The summed E-state index contributed by atoms with van der Waals surface area (Å²) in [5.41, 5.74) is 2.26. The molecule has 0 amide bonds. The topological polar surface area (TPSA) is 30.5 Å². The van der Waals surface area contributed by atoms with Crippen molar-refractivity contribution in [3.63, 3.8) is 0 Å². The quantitative estimate of drug-likeness (QED) is 0.825. The van der Waals surface area contributed by atoms with E-state index in [9.17, 15) is 0 Å². The zero-order valence-corrected chi connectivity index (χ0v) is 13.7. The summed E-state index contributed by atoms with van der Waals surface area (Å²) in [6.07, 6.45) is 2.12. The van der Waals surface area contributed by atoms with Crippen LogP contribution in [0.15, 0.2) is 17.7 Å². The Bertz CT molecular complexity index is 470. The molecular weight excluding hydrogens is 274 g/mol. The summed E-state index contributed by atoms with van der Waals surface area (Å²) >= 11 is 6.41. The SMILES string of the molecule is CCNCC(=Cc1ccc(OC)c(OC)c1Cl)C(C)C. The third kappa shape index (κ3) is 4.15. The van der Waals surface area contributed by atoms with Gasteiger partial charge in [-0.2, -0.15) is 0 Å². The lowest BCUT2D eigenvalue weighted by Crippen LogP contribution is -2.18. The van der Waals surface area contributed by atoms with Crippen LogP contribution in [0, 0.1) is 5.92 Å². The molecule has 0 unspecified atom stereocenters. The van der Waals surface area contributed by atoms with Crippen molar-refractivity contribution in [2.75, 3.05) is 27.3 Å². The highest BCUT2D eigenvalue weighted by Crippen LogP contribution is 2.38. The van der Waals surface area contributed by atoms with Crippen LogP contribution in [0.3, 0.4) is 0 Å². The molecule has 0 aliphatic carbocycles. The Kier molecular flexibility index (Phi) is 6.89. The zero-order chi connectivity index (χ0) is 15.1. The van der Waals surface area contributed by atoms with Gasteiger partial charge in [0.2, 0.25) is 0 Å². The van der Waals surface area contributed by atoms with Crippen LogP contribution in [0.5, 0.6) is 11.5 Å². The van der Waals surface area contributed by atoms with Crippen LogP contribution in [0.4, 0.5) is 0 Å². The van der Waals surface area contributed by atoms with Gasteiger partial charge in [0.15, 0.2) is 11.5 Å². The summed E-state index contributed by atoms with van der Waals surface area (Å²) in [5, 5.41) is 3.94. The molecule has 0 saturated heterocycles. The van der Waals surface area contributed by atoms with Gasteiger partial charge in [0.1, 0.15) is 0 Å². The van der Waals surface area contributed by atoms with Gasteiger partial charge in [-0.15, -0.1) is 0 Å². The van der Waals surface area contributed by atoms with E-state index in [1.807, 2.05) is 12.1 Å². The molecule has 0 heterocycles. The molecule has 0 saturated carbocycles. The summed E-state index contributed by atoms with van der Waals surface area (Å²) < 4.78 is 10.6. The number of halogens is 1. The van der Waals surface area contributed by atoms with Crippen molar-refractivity contribution in [2.24, 2.45) is 5.92 Å².